The molecule has 24 heavy (non-hydrogen) atoms. The predicted molar refractivity (Wildman–Crippen MR) is 92.1 cm³/mol. The molecule has 2 N–H and O–H groups in total. The Morgan fingerprint density at radius 1 is 1.38 bits per heavy atom. The van der Waals surface area contributed by atoms with Gasteiger partial charge in [0.1, 0.15) is 11.4 Å². The Labute approximate surface area is 141 Å². The average molecular weight is 346 g/mol. The first-order valence-corrected chi connectivity index (χ1v) is 8.27. The standard InChI is InChI=1S/C17H15FN2O3S/c1-2-23-17(22)14-15(19-9-11-4-3-7-24-11)12-8-10(18)5-6-13(12)20-16(14)21/h3-8H,2,9H2,1H3,(H2,19,20,21). The van der Waals surface area contributed by atoms with Gasteiger partial charge in [-0.1, -0.05) is 6.07 Å². The molecule has 0 radical (unpaired) electrons. The summed E-state index contributed by atoms with van der Waals surface area (Å²) in [5.41, 5.74) is 0.0102. The van der Waals surface area contributed by atoms with E-state index in [1.807, 2.05) is 17.5 Å². The molecule has 5 nitrogen and oxygen atoms in total. The molecule has 3 aromatic rings. The maximum Gasteiger partial charge on any atom is 0.345 e. The van der Waals surface area contributed by atoms with Crippen LogP contribution >= 0.6 is 11.3 Å². The Hall–Kier alpha value is -2.67. The zero-order valence-corrected chi connectivity index (χ0v) is 13.7. The highest BCUT2D eigenvalue weighted by atomic mass is 32.1. The maximum atomic E-state index is 13.7. The quantitative estimate of drug-likeness (QED) is 0.694. The number of rotatable bonds is 5. The van der Waals surface area contributed by atoms with Gasteiger partial charge < -0.3 is 15.0 Å². The van der Waals surface area contributed by atoms with Crippen molar-refractivity contribution in [1.29, 1.82) is 0 Å². The summed E-state index contributed by atoms with van der Waals surface area (Å²) >= 11 is 1.54. The number of H-pyrrole nitrogens is 1. The summed E-state index contributed by atoms with van der Waals surface area (Å²) in [6.45, 7) is 2.22. The second kappa shape index (κ2) is 6.84. The summed E-state index contributed by atoms with van der Waals surface area (Å²) in [6.07, 6.45) is 0. The number of carbonyl (C=O) groups is 1. The van der Waals surface area contributed by atoms with Crippen molar-refractivity contribution in [2.75, 3.05) is 11.9 Å². The Morgan fingerprint density at radius 3 is 2.92 bits per heavy atom. The monoisotopic (exact) mass is 346 g/mol. The average Bonchev–Trinajstić information content (AvgIpc) is 3.06. The highest BCUT2D eigenvalue weighted by Gasteiger charge is 2.21. The lowest BCUT2D eigenvalue weighted by Gasteiger charge is -2.13. The summed E-state index contributed by atoms with van der Waals surface area (Å²) in [7, 11) is 0. The number of thiophene rings is 1. The fourth-order valence-corrected chi connectivity index (χ4v) is 3.08. The Bertz CT molecular complexity index is 935. The van der Waals surface area contributed by atoms with Crippen LogP contribution in [0.25, 0.3) is 10.9 Å². The molecule has 0 spiro atoms. The van der Waals surface area contributed by atoms with Gasteiger partial charge in [-0.15, -0.1) is 11.3 Å². The van der Waals surface area contributed by atoms with E-state index in [1.165, 1.54) is 18.2 Å². The van der Waals surface area contributed by atoms with E-state index in [1.54, 1.807) is 18.3 Å². The number of esters is 1. The van der Waals surface area contributed by atoms with E-state index in [0.29, 0.717) is 17.4 Å². The highest BCUT2D eigenvalue weighted by Crippen LogP contribution is 2.26. The van der Waals surface area contributed by atoms with E-state index in [0.717, 1.165) is 4.88 Å². The van der Waals surface area contributed by atoms with Crippen molar-refractivity contribution in [3.05, 3.63) is 62.3 Å². The Balaban J connectivity index is 2.15. The number of ether oxygens (including phenoxy) is 1. The first-order chi connectivity index (χ1) is 11.6. The molecule has 0 atom stereocenters. The molecule has 2 aromatic heterocycles. The van der Waals surface area contributed by atoms with Crippen LogP contribution in [0, 0.1) is 5.82 Å². The van der Waals surface area contributed by atoms with Gasteiger partial charge in [0.15, 0.2) is 0 Å². The number of hydrogen-bond donors (Lipinski definition) is 2. The normalized spacial score (nSPS) is 10.8. The smallest absolute Gasteiger partial charge is 0.345 e. The minimum absolute atomic E-state index is 0.143. The van der Waals surface area contributed by atoms with Crippen molar-refractivity contribution < 1.29 is 13.9 Å². The molecule has 0 aliphatic heterocycles. The number of nitrogens with one attached hydrogen (secondary N) is 2. The van der Waals surface area contributed by atoms with Gasteiger partial charge in [0.05, 0.1) is 17.8 Å². The summed E-state index contributed by atoms with van der Waals surface area (Å²) in [5, 5.41) is 5.44. The number of halogens is 1. The highest BCUT2D eigenvalue weighted by molar-refractivity contribution is 7.09. The molecular weight excluding hydrogens is 331 g/mol. The van der Waals surface area contributed by atoms with Crippen LogP contribution in [0.1, 0.15) is 22.2 Å². The van der Waals surface area contributed by atoms with Crippen LogP contribution in [0.15, 0.2) is 40.5 Å². The van der Waals surface area contributed by atoms with Crippen LogP contribution in [0.3, 0.4) is 0 Å². The SMILES string of the molecule is CCOC(=O)c1c(NCc2cccs2)c2cc(F)ccc2[nH]c1=O. The summed E-state index contributed by atoms with van der Waals surface area (Å²) in [6, 6.07) is 7.84. The molecule has 0 unspecified atom stereocenters. The lowest BCUT2D eigenvalue weighted by atomic mass is 10.1. The van der Waals surface area contributed by atoms with Gasteiger partial charge in [-0.2, -0.15) is 0 Å². The first-order valence-electron chi connectivity index (χ1n) is 7.39. The van der Waals surface area contributed by atoms with Gasteiger partial charge in [0, 0.05) is 16.8 Å². The zero-order valence-electron chi connectivity index (χ0n) is 12.9. The molecule has 0 bridgehead atoms. The number of benzene rings is 1. The number of aromatic nitrogens is 1. The van der Waals surface area contributed by atoms with Crippen LogP contribution < -0.4 is 10.9 Å². The van der Waals surface area contributed by atoms with Gasteiger partial charge in [-0.05, 0) is 36.6 Å². The van der Waals surface area contributed by atoms with Gasteiger partial charge in [0.25, 0.3) is 5.56 Å². The molecule has 3 rings (SSSR count). The number of fused-ring (bicyclic) bond motifs is 1. The Morgan fingerprint density at radius 2 is 2.21 bits per heavy atom. The van der Waals surface area contributed by atoms with Gasteiger partial charge in [-0.25, -0.2) is 9.18 Å². The van der Waals surface area contributed by atoms with Crippen molar-refractivity contribution in [1.82, 2.24) is 4.98 Å². The first kappa shape index (κ1) is 16.2. The molecule has 7 heteroatoms. The lowest BCUT2D eigenvalue weighted by molar-refractivity contribution is 0.0525. The minimum Gasteiger partial charge on any atom is -0.462 e. The van der Waals surface area contributed by atoms with Gasteiger partial charge in [0.2, 0.25) is 0 Å². The summed E-state index contributed by atoms with van der Waals surface area (Å²) < 4.78 is 18.7. The van der Waals surface area contributed by atoms with Crippen LogP contribution in [0.2, 0.25) is 0 Å². The second-order valence-electron chi connectivity index (χ2n) is 5.05. The van der Waals surface area contributed by atoms with E-state index in [9.17, 15) is 14.0 Å². The van der Waals surface area contributed by atoms with Crippen molar-refractivity contribution in [3.63, 3.8) is 0 Å². The molecule has 0 aliphatic rings. The molecule has 124 valence electrons. The van der Waals surface area contributed by atoms with Crippen molar-refractivity contribution in [3.8, 4) is 0 Å². The fraction of sp³-hybridized carbons (Fsp3) is 0.176. The van der Waals surface area contributed by atoms with E-state index in [4.69, 9.17) is 4.74 Å². The largest absolute Gasteiger partial charge is 0.462 e. The lowest BCUT2D eigenvalue weighted by Crippen LogP contribution is -2.23. The van der Waals surface area contributed by atoms with Crippen molar-refractivity contribution in [2.24, 2.45) is 0 Å². The van der Waals surface area contributed by atoms with E-state index < -0.39 is 17.3 Å². The molecule has 0 saturated carbocycles. The molecule has 0 aliphatic carbocycles. The van der Waals surface area contributed by atoms with Crippen LogP contribution in [0.4, 0.5) is 10.1 Å². The third-order valence-electron chi connectivity index (χ3n) is 3.48. The third-order valence-corrected chi connectivity index (χ3v) is 4.35. The number of anilines is 1. The Kier molecular flexibility index (Phi) is 4.61. The van der Waals surface area contributed by atoms with Crippen LogP contribution in [0.5, 0.6) is 0 Å². The summed E-state index contributed by atoms with van der Waals surface area (Å²) in [5.74, 6) is -1.19. The number of aromatic amines is 1. The minimum atomic E-state index is -0.737. The third kappa shape index (κ3) is 3.16. The fourth-order valence-electron chi connectivity index (χ4n) is 2.44. The number of pyridine rings is 1. The van der Waals surface area contributed by atoms with E-state index in [2.05, 4.69) is 10.3 Å². The molecular formula is C17H15FN2O3S. The van der Waals surface area contributed by atoms with Crippen molar-refractivity contribution >= 4 is 33.9 Å². The van der Waals surface area contributed by atoms with E-state index >= 15 is 0 Å². The predicted octanol–water partition coefficient (Wildman–Crippen LogP) is 3.52. The van der Waals surface area contributed by atoms with Crippen molar-refractivity contribution in [2.45, 2.75) is 13.5 Å². The second-order valence-corrected chi connectivity index (χ2v) is 6.08. The maximum absolute atomic E-state index is 13.7. The zero-order chi connectivity index (χ0) is 17.1. The topological polar surface area (TPSA) is 71.2 Å². The number of hydrogen-bond acceptors (Lipinski definition) is 5. The molecule has 0 fully saturated rings. The summed E-state index contributed by atoms with van der Waals surface area (Å²) in [4.78, 5) is 28.2. The molecule has 2 heterocycles. The number of carbonyl (C=O) groups excluding carboxylic acids is 1. The van der Waals surface area contributed by atoms with Gasteiger partial charge in [-0.3, -0.25) is 4.79 Å². The van der Waals surface area contributed by atoms with E-state index in [-0.39, 0.29) is 17.9 Å². The van der Waals surface area contributed by atoms with Gasteiger partial charge >= 0.3 is 5.97 Å². The van der Waals surface area contributed by atoms with Crippen LogP contribution in [-0.4, -0.2) is 17.6 Å². The molecule has 1 aromatic carbocycles. The van der Waals surface area contributed by atoms with Crippen LogP contribution in [-0.2, 0) is 11.3 Å². The molecule has 0 saturated heterocycles. The molecule has 0 amide bonds.